The van der Waals surface area contributed by atoms with Crippen molar-refractivity contribution in [3.05, 3.63) is 119 Å². The molecule has 0 aliphatic heterocycles. The molecule has 0 radical (unpaired) electrons. The summed E-state index contributed by atoms with van der Waals surface area (Å²) in [5.74, 6) is 0. The zero-order valence-corrected chi connectivity index (χ0v) is 26.0. The molecule has 0 saturated carbocycles. The number of anilines is 2. The summed E-state index contributed by atoms with van der Waals surface area (Å²) >= 11 is -0.225. The van der Waals surface area contributed by atoms with Crippen LogP contribution in [0.1, 0.15) is 22.3 Å². The van der Waals surface area contributed by atoms with Gasteiger partial charge >= 0.3 is 261 Å². The molecule has 0 saturated heterocycles. The number of nitrogens with one attached hydrogen (secondary N) is 4. The third-order valence-corrected chi connectivity index (χ3v) is 13.2. The van der Waals surface area contributed by atoms with Gasteiger partial charge in [0.2, 0.25) is 0 Å². The number of para-hydroxylation sites is 2. The zero-order valence-electron chi connectivity index (χ0n) is 22.6. The van der Waals surface area contributed by atoms with Gasteiger partial charge in [-0.3, -0.25) is 0 Å². The Hall–Kier alpha value is -3.96. The molecule has 230 valence electrons. The van der Waals surface area contributed by atoms with Crippen LogP contribution in [0.2, 0.25) is 0 Å². The first-order chi connectivity index (χ1) is 20.9. The molecule has 6 nitrogen and oxygen atoms in total. The number of amides is 4. The van der Waals surface area contributed by atoms with Gasteiger partial charge in [-0.15, -0.1) is 0 Å². The molecule has 4 aromatic rings. The first-order valence-electron chi connectivity index (χ1n) is 12.8. The minimum atomic E-state index is -4.43. The molecule has 0 fully saturated rings. The summed E-state index contributed by atoms with van der Waals surface area (Å²) in [6.07, 6.45) is -8.87. The van der Waals surface area contributed by atoms with Crippen LogP contribution in [-0.4, -0.2) is 38.3 Å². The molecule has 0 bridgehead atoms. The van der Waals surface area contributed by atoms with Crippen LogP contribution in [0.15, 0.2) is 97.1 Å². The van der Waals surface area contributed by atoms with E-state index >= 15 is 0 Å². The zero-order chi connectivity index (χ0) is 31.7. The minimum absolute atomic E-state index is 0.0429. The van der Waals surface area contributed by atoms with Gasteiger partial charge < -0.3 is 0 Å². The summed E-state index contributed by atoms with van der Waals surface area (Å²) in [7, 11) is 0. The molecule has 4 amide bonds. The van der Waals surface area contributed by atoms with Gasteiger partial charge in [0.05, 0.1) is 0 Å². The summed E-state index contributed by atoms with van der Waals surface area (Å²) in [4.78, 5) is 25.1. The Morgan fingerprint density at radius 3 is 1.20 bits per heavy atom. The van der Waals surface area contributed by atoms with E-state index in [0.717, 1.165) is 33.2 Å². The number of hydrogen-bond donors (Lipinski definition) is 4. The molecule has 0 heterocycles. The topological polar surface area (TPSA) is 82.3 Å². The average Bonchev–Trinajstić information content (AvgIpc) is 2.99. The molecule has 44 heavy (non-hydrogen) atoms. The normalized spacial score (nSPS) is 11.5. The number of benzene rings is 4. The number of alkyl halides is 6. The second-order valence-electron chi connectivity index (χ2n) is 9.16. The fraction of sp³-hybridized carbons (Fsp3) is 0.133. The maximum atomic E-state index is 12.8. The Bertz CT molecular complexity index is 1460. The molecule has 0 atom stereocenters. The van der Waals surface area contributed by atoms with Gasteiger partial charge in [0.25, 0.3) is 0 Å². The van der Waals surface area contributed by atoms with Crippen molar-refractivity contribution in [1.29, 1.82) is 0 Å². The number of rotatable bonds is 9. The van der Waals surface area contributed by atoms with E-state index in [4.69, 9.17) is 0 Å². The van der Waals surface area contributed by atoms with Crippen molar-refractivity contribution in [3.63, 3.8) is 0 Å². The Morgan fingerprint density at radius 2 is 0.864 bits per heavy atom. The van der Waals surface area contributed by atoms with E-state index in [2.05, 4.69) is 21.3 Å². The van der Waals surface area contributed by atoms with Crippen molar-refractivity contribution in [2.45, 2.75) is 25.4 Å². The molecule has 0 spiro atoms. The van der Waals surface area contributed by atoms with Crippen molar-refractivity contribution in [2.24, 2.45) is 0 Å². The Kier molecular flexibility index (Phi) is 11.0. The Labute approximate surface area is 259 Å². The van der Waals surface area contributed by atoms with Gasteiger partial charge in [-0.1, -0.05) is 0 Å². The second-order valence-corrected chi connectivity index (χ2v) is 15.3. The third-order valence-electron chi connectivity index (χ3n) is 5.96. The molecule has 14 heteroatoms. The molecular formula is C30H24F6N4O2Se2. The van der Waals surface area contributed by atoms with Crippen LogP contribution in [0.25, 0.3) is 0 Å². The van der Waals surface area contributed by atoms with Gasteiger partial charge in [-0.2, -0.15) is 0 Å². The molecule has 0 aliphatic rings. The van der Waals surface area contributed by atoms with Crippen molar-refractivity contribution in [3.8, 4) is 0 Å². The summed E-state index contributed by atoms with van der Waals surface area (Å²) in [6, 6.07) is 22.6. The van der Waals surface area contributed by atoms with E-state index in [-0.39, 0.29) is 39.4 Å². The Morgan fingerprint density at radius 1 is 0.523 bits per heavy atom. The van der Waals surface area contributed by atoms with Crippen molar-refractivity contribution in [1.82, 2.24) is 10.6 Å². The van der Waals surface area contributed by atoms with Crippen LogP contribution in [0.5, 0.6) is 0 Å². The molecule has 4 N–H and O–H groups in total. The number of carbonyl (C=O) groups excluding carboxylic acids is 2. The van der Waals surface area contributed by atoms with Crippen LogP contribution >= 0.6 is 0 Å². The quantitative estimate of drug-likeness (QED) is 0.132. The first kappa shape index (κ1) is 32.9. The van der Waals surface area contributed by atoms with Crippen molar-refractivity contribution in [2.75, 3.05) is 10.6 Å². The molecule has 4 rings (SSSR count). The van der Waals surface area contributed by atoms with Crippen LogP contribution in [0, 0.1) is 0 Å². The SMILES string of the molecule is O=C(NCc1ccc(C(F)(F)F)cc1)Nc1ccccc1[Se][Se]c1ccccc1NC(=O)NCc1ccc(C(F)(F)F)cc1. The average molecular weight is 744 g/mol. The van der Waals surface area contributed by atoms with Crippen molar-refractivity contribution < 1.29 is 35.9 Å². The second kappa shape index (κ2) is 14.7. The van der Waals surface area contributed by atoms with E-state index in [1.54, 1.807) is 24.3 Å². The fourth-order valence-electron chi connectivity index (χ4n) is 3.70. The van der Waals surface area contributed by atoms with Crippen LogP contribution < -0.4 is 30.2 Å². The van der Waals surface area contributed by atoms with E-state index in [1.807, 2.05) is 24.3 Å². The van der Waals surface area contributed by atoms with Crippen LogP contribution in [0.4, 0.5) is 47.3 Å². The molecule has 0 aromatic heterocycles. The third kappa shape index (κ3) is 9.78. The van der Waals surface area contributed by atoms with E-state index in [9.17, 15) is 35.9 Å². The van der Waals surface area contributed by atoms with E-state index in [1.165, 1.54) is 24.3 Å². The number of urea groups is 2. The predicted octanol–water partition coefficient (Wildman–Crippen LogP) is 5.64. The summed E-state index contributed by atoms with van der Waals surface area (Å²) < 4.78 is 78.4. The maximum absolute atomic E-state index is 12.8. The predicted molar refractivity (Wildman–Crippen MR) is 158 cm³/mol. The van der Waals surface area contributed by atoms with E-state index in [0.29, 0.717) is 22.5 Å². The van der Waals surface area contributed by atoms with Gasteiger partial charge in [-0.05, 0) is 0 Å². The van der Waals surface area contributed by atoms with Crippen molar-refractivity contribution >= 4 is 58.6 Å². The fourth-order valence-corrected chi connectivity index (χ4v) is 10.6. The summed E-state index contributed by atoms with van der Waals surface area (Å²) in [5, 5.41) is 10.9. The molecule has 0 unspecified atom stereocenters. The molecular weight excluding hydrogens is 720 g/mol. The molecule has 4 aromatic carbocycles. The standard InChI is InChI=1S/C30H24F6N4O2Se2/c31-29(32,33)21-13-9-19(10-14-21)17-37-27(41)39-23-5-1-3-7-25(23)43-44-26-8-4-2-6-24(26)40-28(42)38-18-20-11-15-22(16-12-20)30(34,35)36/h1-16H,17-18H2,(H2,37,39,41)(H2,38,40,42). The van der Waals surface area contributed by atoms with Gasteiger partial charge in [0.1, 0.15) is 0 Å². The van der Waals surface area contributed by atoms with E-state index < -0.39 is 35.5 Å². The van der Waals surface area contributed by atoms with Gasteiger partial charge in [0.15, 0.2) is 0 Å². The molecule has 0 aliphatic carbocycles. The first-order valence-corrected chi connectivity index (χ1v) is 18.9. The summed E-state index contributed by atoms with van der Waals surface area (Å²) in [5.41, 5.74) is 0.694. The summed E-state index contributed by atoms with van der Waals surface area (Å²) in [6.45, 7) is 0.0857. The van der Waals surface area contributed by atoms with Crippen LogP contribution in [-0.2, 0) is 25.4 Å². The number of carbonyl (C=O) groups is 2. The Balaban J connectivity index is 1.30. The monoisotopic (exact) mass is 746 g/mol. The van der Waals surface area contributed by atoms with Gasteiger partial charge in [-0.25, -0.2) is 0 Å². The number of hydrogen-bond acceptors (Lipinski definition) is 2. The van der Waals surface area contributed by atoms with Crippen LogP contribution in [0.3, 0.4) is 0 Å². The number of halogens is 6. The van der Waals surface area contributed by atoms with Gasteiger partial charge in [0, 0.05) is 0 Å².